The molecule has 10 nitrogen and oxygen atoms in total. The number of benzene rings is 2. The van der Waals surface area contributed by atoms with Crippen molar-refractivity contribution in [3.8, 4) is 17.9 Å². The molecule has 0 saturated heterocycles. The molecule has 0 fully saturated rings. The number of aromatic carboxylic acids is 1. The van der Waals surface area contributed by atoms with Gasteiger partial charge in [0.1, 0.15) is 0 Å². The van der Waals surface area contributed by atoms with E-state index >= 15 is 0 Å². The van der Waals surface area contributed by atoms with Gasteiger partial charge in [-0.1, -0.05) is 23.7 Å². The second kappa shape index (κ2) is 11.4. The zero-order valence-corrected chi connectivity index (χ0v) is 20.5. The predicted octanol–water partition coefficient (Wildman–Crippen LogP) is 4.66. The molecule has 1 heterocycles. The van der Waals surface area contributed by atoms with E-state index in [1.807, 2.05) is 6.07 Å². The van der Waals surface area contributed by atoms with Crippen LogP contribution in [0, 0.1) is 29.2 Å². The van der Waals surface area contributed by atoms with Gasteiger partial charge in [-0.2, -0.15) is 13.7 Å². The molecule has 0 radical (unpaired) electrons. The summed E-state index contributed by atoms with van der Waals surface area (Å²) in [4.78, 5) is 16.0. The highest BCUT2D eigenvalue weighted by molar-refractivity contribution is 7.85. The Hall–Kier alpha value is -4.60. The van der Waals surface area contributed by atoms with Crippen molar-refractivity contribution in [1.82, 2.24) is 0 Å². The van der Waals surface area contributed by atoms with Gasteiger partial charge in [0.15, 0.2) is 5.75 Å². The molecule has 186 valence electrons. The fraction of sp³-hybridized carbons (Fsp3) is 0.120. The summed E-state index contributed by atoms with van der Waals surface area (Å²) in [6.07, 6.45) is 2.81. The van der Waals surface area contributed by atoms with E-state index in [0.717, 1.165) is 0 Å². The van der Waals surface area contributed by atoms with Crippen molar-refractivity contribution in [1.29, 1.82) is 10.5 Å². The van der Waals surface area contributed by atoms with Crippen molar-refractivity contribution in [3.63, 3.8) is 0 Å². The zero-order chi connectivity index (χ0) is 27.2. The summed E-state index contributed by atoms with van der Waals surface area (Å²) in [5.41, 5.74) is 0.381. The van der Waals surface area contributed by atoms with Gasteiger partial charge >= 0.3 is 5.97 Å². The highest BCUT2D eigenvalue weighted by Gasteiger charge is 2.26. The number of allylic oxidation sites excluding steroid dienone is 5. The minimum atomic E-state index is -4.18. The largest absolute Gasteiger partial charge is 0.478 e. The summed E-state index contributed by atoms with van der Waals surface area (Å²) in [7, 11) is -4.18. The van der Waals surface area contributed by atoms with E-state index in [2.05, 4.69) is 4.85 Å². The van der Waals surface area contributed by atoms with Crippen LogP contribution in [0.5, 0.6) is 5.75 Å². The van der Waals surface area contributed by atoms with Crippen LogP contribution in [0.4, 0.5) is 5.69 Å². The number of ether oxygens (including phenoxy) is 1. The van der Waals surface area contributed by atoms with Gasteiger partial charge in [0.2, 0.25) is 5.88 Å². The van der Waals surface area contributed by atoms with Crippen molar-refractivity contribution in [2.45, 2.75) is 6.42 Å². The molecule has 0 aliphatic carbocycles. The minimum Gasteiger partial charge on any atom is -0.478 e. The highest BCUT2D eigenvalue weighted by Crippen LogP contribution is 2.41. The highest BCUT2D eigenvalue weighted by atomic mass is 35.5. The van der Waals surface area contributed by atoms with E-state index in [9.17, 15) is 23.7 Å². The van der Waals surface area contributed by atoms with Gasteiger partial charge in [-0.15, -0.1) is 0 Å². The molecule has 0 spiro atoms. The number of carboxylic acid groups (broad SMARTS) is 1. The van der Waals surface area contributed by atoms with Gasteiger partial charge < -0.3 is 14.7 Å². The van der Waals surface area contributed by atoms with E-state index in [-0.39, 0.29) is 46.8 Å². The fourth-order valence-electron chi connectivity index (χ4n) is 3.50. The normalized spacial score (nSPS) is 14.6. The molecule has 0 saturated carbocycles. The Labute approximate surface area is 217 Å². The molecule has 1 aliphatic rings. The number of fused-ring (bicyclic) bond motifs is 1. The quantitative estimate of drug-likeness (QED) is 0.212. The lowest BCUT2D eigenvalue weighted by Crippen LogP contribution is -2.23. The molecule has 3 rings (SSSR count). The van der Waals surface area contributed by atoms with Crippen molar-refractivity contribution in [2.24, 2.45) is 0 Å². The molecular formula is C25H17ClN4O6S. The van der Waals surface area contributed by atoms with Crippen LogP contribution in [0.15, 0.2) is 71.8 Å². The van der Waals surface area contributed by atoms with Gasteiger partial charge in [0, 0.05) is 23.2 Å². The van der Waals surface area contributed by atoms with Crippen LogP contribution in [0.2, 0.25) is 5.02 Å². The predicted molar refractivity (Wildman–Crippen MR) is 135 cm³/mol. The third-order valence-corrected chi connectivity index (χ3v) is 6.17. The fourth-order valence-corrected chi connectivity index (χ4v) is 4.16. The van der Waals surface area contributed by atoms with E-state index < -0.39 is 21.8 Å². The lowest BCUT2D eigenvalue weighted by molar-refractivity contribution is 0.0697. The Kier molecular flexibility index (Phi) is 8.33. The first-order chi connectivity index (χ1) is 17.6. The molecule has 0 bridgehead atoms. The van der Waals surface area contributed by atoms with Crippen molar-refractivity contribution in [2.75, 3.05) is 17.2 Å². The first kappa shape index (κ1) is 27.0. The van der Waals surface area contributed by atoms with Crippen molar-refractivity contribution in [3.05, 3.63) is 99.3 Å². The monoisotopic (exact) mass is 536 g/mol. The van der Waals surface area contributed by atoms with Crippen LogP contribution in [0.25, 0.3) is 10.4 Å². The summed E-state index contributed by atoms with van der Waals surface area (Å²) in [5.74, 6) is -1.01. The maximum absolute atomic E-state index is 11.2. The Morgan fingerprint density at radius 3 is 2.41 bits per heavy atom. The van der Waals surface area contributed by atoms with Crippen LogP contribution >= 0.6 is 11.6 Å². The number of rotatable bonds is 8. The molecule has 2 aromatic carbocycles. The van der Waals surface area contributed by atoms with E-state index in [0.29, 0.717) is 16.5 Å². The first-order valence-electron chi connectivity index (χ1n) is 10.5. The Bertz CT molecular complexity index is 1560. The van der Waals surface area contributed by atoms with Crippen molar-refractivity contribution >= 4 is 38.9 Å². The van der Waals surface area contributed by atoms with Crippen LogP contribution in [0.1, 0.15) is 22.3 Å². The van der Waals surface area contributed by atoms with Crippen LogP contribution in [-0.4, -0.2) is 36.3 Å². The van der Waals surface area contributed by atoms with E-state index in [4.69, 9.17) is 32.6 Å². The summed E-state index contributed by atoms with van der Waals surface area (Å²) in [6, 6.07) is 13.9. The summed E-state index contributed by atoms with van der Waals surface area (Å²) >= 11 is 6.11. The SMILES string of the molecule is [C-]#[N+]C(C#N)=C(C(C#N)=CC=C1Oc2ccc(Cl)cc2N1CCCS(=O)(=O)O)c1ccc(C(=O)O)cc1. The number of carboxylic acids is 1. The Morgan fingerprint density at radius 2 is 1.84 bits per heavy atom. The van der Waals surface area contributed by atoms with Crippen LogP contribution in [-0.2, 0) is 10.1 Å². The third kappa shape index (κ3) is 6.54. The summed E-state index contributed by atoms with van der Waals surface area (Å²) in [5, 5.41) is 28.9. The lowest BCUT2D eigenvalue weighted by Gasteiger charge is -2.18. The lowest BCUT2D eigenvalue weighted by atomic mass is 9.95. The molecule has 0 amide bonds. The number of nitrogens with zero attached hydrogens (tertiary/aromatic N) is 4. The molecule has 2 N–H and O–H groups in total. The zero-order valence-electron chi connectivity index (χ0n) is 18.9. The average Bonchev–Trinajstić information content (AvgIpc) is 3.19. The molecule has 0 aromatic heterocycles. The smallest absolute Gasteiger partial charge is 0.335 e. The minimum absolute atomic E-state index is 0.00488. The Balaban J connectivity index is 2.06. The van der Waals surface area contributed by atoms with Gasteiger partial charge in [0.25, 0.3) is 15.8 Å². The van der Waals surface area contributed by atoms with Crippen LogP contribution in [0.3, 0.4) is 0 Å². The molecule has 37 heavy (non-hydrogen) atoms. The summed E-state index contributed by atoms with van der Waals surface area (Å²) in [6.45, 7) is 7.49. The average molecular weight is 537 g/mol. The van der Waals surface area contributed by atoms with Gasteiger partial charge in [-0.05, 0) is 48.4 Å². The number of anilines is 1. The Morgan fingerprint density at radius 1 is 1.16 bits per heavy atom. The third-order valence-electron chi connectivity index (χ3n) is 5.13. The number of nitriles is 2. The number of halogens is 1. The molecule has 2 aromatic rings. The molecule has 0 atom stereocenters. The van der Waals surface area contributed by atoms with Crippen molar-refractivity contribution < 1.29 is 27.6 Å². The molecule has 12 heteroatoms. The maximum atomic E-state index is 11.2. The second-order valence-corrected chi connectivity index (χ2v) is 9.54. The van der Waals surface area contributed by atoms with Crippen LogP contribution < -0.4 is 9.64 Å². The number of carbonyl (C=O) groups is 1. The molecule has 1 aliphatic heterocycles. The number of hydrogen-bond donors (Lipinski definition) is 2. The second-order valence-electron chi connectivity index (χ2n) is 7.53. The van der Waals surface area contributed by atoms with E-state index in [1.165, 1.54) is 36.4 Å². The van der Waals surface area contributed by atoms with E-state index in [1.54, 1.807) is 29.2 Å². The van der Waals surface area contributed by atoms with Gasteiger partial charge in [-0.3, -0.25) is 4.55 Å². The summed E-state index contributed by atoms with van der Waals surface area (Å²) < 4.78 is 37.3. The topological polar surface area (TPSA) is 156 Å². The van der Waals surface area contributed by atoms with Gasteiger partial charge in [0.05, 0.1) is 41.3 Å². The number of hydrogen-bond acceptors (Lipinski definition) is 7. The maximum Gasteiger partial charge on any atom is 0.335 e. The molecule has 0 unspecified atom stereocenters. The standard InChI is InChI=1S/C25H17ClN4O6S/c1-29-20(15-28)24(16-3-5-17(6-4-16)25(31)32)18(14-27)7-10-23-30(11-2-12-37(33,34)35)21-13-19(26)8-9-22(21)36-23/h3-10,13H,2,11-12H2,(H,31,32)(H,33,34,35). The first-order valence-corrected chi connectivity index (χ1v) is 12.4. The molecular weight excluding hydrogens is 520 g/mol. The van der Waals surface area contributed by atoms with Gasteiger partial charge in [-0.25, -0.2) is 14.9 Å².